The van der Waals surface area contributed by atoms with Crippen LogP contribution in [0, 0.1) is 17.8 Å². The third-order valence-corrected chi connectivity index (χ3v) is 3.63. The number of hydrogen-bond donors (Lipinski definition) is 1. The number of hydrogen-bond acceptors (Lipinski definition) is 2. The summed E-state index contributed by atoms with van der Waals surface area (Å²) in [6, 6.07) is 0.579. The Kier molecular flexibility index (Phi) is 5.47. The number of carbonyl (C=O) groups excluding carboxylic acids is 1. The molecule has 0 atom stereocenters. The van der Waals surface area contributed by atoms with E-state index in [1.807, 2.05) is 13.8 Å². The van der Waals surface area contributed by atoms with Gasteiger partial charge >= 0.3 is 0 Å². The van der Waals surface area contributed by atoms with Gasteiger partial charge in [0.2, 0.25) is 0 Å². The minimum atomic E-state index is 0.218. The summed E-state index contributed by atoms with van der Waals surface area (Å²) in [5, 5.41) is 3.50. The van der Waals surface area contributed by atoms with Crippen LogP contribution in [0.2, 0.25) is 0 Å². The molecule has 1 rings (SSSR count). The van der Waals surface area contributed by atoms with Crippen LogP contribution in [0.4, 0.5) is 0 Å². The largest absolute Gasteiger partial charge is 0.314 e. The van der Waals surface area contributed by atoms with Gasteiger partial charge in [-0.25, -0.2) is 0 Å². The summed E-state index contributed by atoms with van der Waals surface area (Å²) < 4.78 is 0. The van der Waals surface area contributed by atoms with E-state index in [1.54, 1.807) is 0 Å². The molecular formula is C14H27NO. The van der Waals surface area contributed by atoms with Crippen LogP contribution in [-0.4, -0.2) is 18.4 Å². The number of ketones is 1. The van der Waals surface area contributed by atoms with E-state index in [2.05, 4.69) is 19.2 Å². The van der Waals surface area contributed by atoms with E-state index in [4.69, 9.17) is 0 Å². The zero-order valence-corrected chi connectivity index (χ0v) is 11.3. The second kappa shape index (κ2) is 6.39. The number of rotatable bonds is 5. The molecule has 2 nitrogen and oxygen atoms in total. The Morgan fingerprint density at radius 2 is 1.69 bits per heavy atom. The van der Waals surface area contributed by atoms with Crippen LogP contribution < -0.4 is 5.32 Å². The molecule has 2 heteroatoms. The van der Waals surface area contributed by atoms with Gasteiger partial charge in [0.25, 0.3) is 0 Å². The van der Waals surface area contributed by atoms with Gasteiger partial charge in [0.15, 0.2) is 0 Å². The molecule has 0 aromatic heterocycles. The van der Waals surface area contributed by atoms with Crippen LogP contribution in [0.1, 0.15) is 53.4 Å². The second-order valence-corrected chi connectivity index (χ2v) is 5.84. The summed E-state index contributed by atoms with van der Waals surface area (Å²) in [5.74, 6) is 1.85. The van der Waals surface area contributed by atoms with E-state index >= 15 is 0 Å². The zero-order valence-electron chi connectivity index (χ0n) is 11.3. The zero-order chi connectivity index (χ0) is 12.1. The van der Waals surface area contributed by atoms with Crippen molar-refractivity contribution in [2.45, 2.75) is 59.4 Å². The Morgan fingerprint density at radius 1 is 1.12 bits per heavy atom. The Hall–Kier alpha value is -0.370. The van der Waals surface area contributed by atoms with E-state index in [-0.39, 0.29) is 5.92 Å². The molecular weight excluding hydrogens is 198 g/mol. The monoisotopic (exact) mass is 225 g/mol. The minimum absolute atomic E-state index is 0.218. The summed E-state index contributed by atoms with van der Waals surface area (Å²) in [6.07, 6.45) is 4.68. The fourth-order valence-corrected chi connectivity index (χ4v) is 2.52. The Balaban J connectivity index is 2.26. The van der Waals surface area contributed by atoms with Crippen molar-refractivity contribution in [2.75, 3.05) is 6.54 Å². The molecule has 94 valence electrons. The molecule has 0 spiro atoms. The van der Waals surface area contributed by atoms with Crippen molar-refractivity contribution in [3.8, 4) is 0 Å². The van der Waals surface area contributed by atoms with E-state index < -0.39 is 0 Å². The Morgan fingerprint density at radius 3 is 2.12 bits per heavy atom. The highest BCUT2D eigenvalue weighted by atomic mass is 16.1. The van der Waals surface area contributed by atoms with Crippen LogP contribution in [0.25, 0.3) is 0 Å². The average Bonchev–Trinajstić information content (AvgIpc) is 2.26. The quantitative estimate of drug-likeness (QED) is 0.779. The molecule has 1 fully saturated rings. The molecule has 0 saturated heterocycles. The maximum absolute atomic E-state index is 11.9. The maximum atomic E-state index is 11.9. The smallest absolute Gasteiger partial charge is 0.138 e. The van der Waals surface area contributed by atoms with Gasteiger partial charge in [0, 0.05) is 17.9 Å². The molecule has 0 aromatic carbocycles. The molecule has 1 aliphatic carbocycles. The highest BCUT2D eigenvalue weighted by Gasteiger charge is 2.27. The first-order chi connectivity index (χ1) is 7.50. The lowest BCUT2D eigenvalue weighted by Crippen LogP contribution is -2.33. The highest BCUT2D eigenvalue weighted by molar-refractivity contribution is 5.82. The molecule has 0 radical (unpaired) electrons. The lowest BCUT2D eigenvalue weighted by atomic mass is 9.78. The second-order valence-electron chi connectivity index (χ2n) is 5.84. The van der Waals surface area contributed by atoms with Crippen molar-refractivity contribution in [3.63, 3.8) is 0 Å². The number of Topliss-reactive ketones (excluding diaryl/α,β-unsaturated/α-hetero) is 1. The first kappa shape index (κ1) is 13.7. The van der Waals surface area contributed by atoms with Gasteiger partial charge in [-0.05, 0) is 38.1 Å². The maximum Gasteiger partial charge on any atom is 0.138 e. The minimum Gasteiger partial charge on any atom is -0.314 e. The summed E-state index contributed by atoms with van der Waals surface area (Å²) in [5.41, 5.74) is 0. The fourth-order valence-electron chi connectivity index (χ4n) is 2.52. The molecule has 0 bridgehead atoms. The fraction of sp³-hybridized carbons (Fsp3) is 0.929. The lowest BCUT2D eigenvalue weighted by molar-refractivity contribution is -0.127. The van der Waals surface area contributed by atoms with Crippen LogP contribution in [-0.2, 0) is 4.79 Å². The molecule has 1 aliphatic rings. The molecule has 0 aliphatic heterocycles. The summed E-state index contributed by atoms with van der Waals surface area (Å²) >= 11 is 0. The van der Waals surface area contributed by atoms with Crippen LogP contribution in [0.3, 0.4) is 0 Å². The Labute approximate surface area is 100 Å². The van der Waals surface area contributed by atoms with Crippen molar-refractivity contribution in [1.82, 2.24) is 5.32 Å². The normalized spacial score (nSPS) is 26.4. The van der Waals surface area contributed by atoms with Gasteiger partial charge in [-0.15, -0.1) is 0 Å². The average molecular weight is 225 g/mol. The van der Waals surface area contributed by atoms with E-state index in [9.17, 15) is 4.79 Å². The first-order valence-electron chi connectivity index (χ1n) is 6.77. The van der Waals surface area contributed by atoms with Crippen molar-refractivity contribution in [1.29, 1.82) is 0 Å². The molecule has 16 heavy (non-hydrogen) atoms. The number of nitrogens with one attached hydrogen (secondary N) is 1. The van der Waals surface area contributed by atoms with Gasteiger partial charge in [-0.1, -0.05) is 27.7 Å². The van der Waals surface area contributed by atoms with Crippen molar-refractivity contribution < 1.29 is 4.79 Å². The lowest BCUT2D eigenvalue weighted by Gasteiger charge is -2.29. The predicted octanol–water partition coefficient (Wildman–Crippen LogP) is 3.02. The van der Waals surface area contributed by atoms with Crippen molar-refractivity contribution in [2.24, 2.45) is 17.8 Å². The van der Waals surface area contributed by atoms with Crippen LogP contribution in [0.5, 0.6) is 0 Å². The molecule has 0 amide bonds. The molecule has 1 saturated carbocycles. The molecule has 0 heterocycles. The van der Waals surface area contributed by atoms with Gasteiger partial charge in [0.1, 0.15) is 5.78 Å². The van der Waals surface area contributed by atoms with Crippen LogP contribution in [0.15, 0.2) is 0 Å². The van der Waals surface area contributed by atoms with Gasteiger partial charge in [-0.3, -0.25) is 4.79 Å². The third-order valence-electron chi connectivity index (χ3n) is 3.63. The van der Waals surface area contributed by atoms with Crippen molar-refractivity contribution >= 4 is 5.78 Å². The SMILES string of the molecule is CC(C)NC[C@H]1CC[C@H](C(=O)C(C)C)CC1. The van der Waals surface area contributed by atoms with Crippen LogP contribution >= 0.6 is 0 Å². The molecule has 0 aromatic rings. The summed E-state index contributed by atoms with van der Waals surface area (Å²) in [6.45, 7) is 9.55. The van der Waals surface area contributed by atoms with E-state index in [1.165, 1.54) is 12.8 Å². The van der Waals surface area contributed by atoms with Gasteiger partial charge in [-0.2, -0.15) is 0 Å². The standard InChI is InChI=1S/C14H27NO/c1-10(2)14(16)13-7-5-12(6-8-13)9-15-11(3)4/h10-13,15H,5-9H2,1-4H3/t12-,13-. The summed E-state index contributed by atoms with van der Waals surface area (Å²) in [4.78, 5) is 11.9. The van der Waals surface area contributed by atoms with Gasteiger partial charge in [0.05, 0.1) is 0 Å². The van der Waals surface area contributed by atoms with E-state index in [0.29, 0.717) is 17.7 Å². The van der Waals surface area contributed by atoms with Crippen molar-refractivity contribution in [3.05, 3.63) is 0 Å². The van der Waals surface area contributed by atoms with Gasteiger partial charge < -0.3 is 5.32 Å². The summed E-state index contributed by atoms with van der Waals surface area (Å²) in [7, 11) is 0. The highest BCUT2D eigenvalue weighted by Crippen LogP contribution is 2.30. The number of carbonyl (C=O) groups is 1. The Bertz CT molecular complexity index is 215. The molecule has 0 unspecified atom stereocenters. The topological polar surface area (TPSA) is 29.1 Å². The van der Waals surface area contributed by atoms with E-state index in [0.717, 1.165) is 25.3 Å². The molecule has 1 N–H and O–H groups in total. The predicted molar refractivity (Wildman–Crippen MR) is 68.4 cm³/mol. The third kappa shape index (κ3) is 4.25. The first-order valence-corrected chi connectivity index (χ1v) is 6.77.